The van der Waals surface area contributed by atoms with Crippen molar-refractivity contribution in [1.29, 1.82) is 10.5 Å². The summed E-state index contributed by atoms with van der Waals surface area (Å²) in [6.07, 6.45) is 0.622. The van der Waals surface area contributed by atoms with Crippen molar-refractivity contribution >= 4 is 5.57 Å². The molecule has 1 rings (SSSR count). The highest BCUT2D eigenvalue weighted by molar-refractivity contribution is 5.78. The molecule has 80 valence electrons. The first-order chi connectivity index (χ1) is 7.78. The van der Waals surface area contributed by atoms with Gasteiger partial charge in [-0.1, -0.05) is 25.1 Å². The SMILES string of the molecule is CCC(=C(C#N)C#N)c1ccccc1OC. The Hall–Kier alpha value is -2.26. The highest BCUT2D eigenvalue weighted by Crippen LogP contribution is 2.29. The Balaban J connectivity index is 3.42. The number of rotatable bonds is 3. The predicted octanol–water partition coefficient (Wildman–Crippen LogP) is 2.91. The molecule has 16 heavy (non-hydrogen) atoms. The van der Waals surface area contributed by atoms with Crippen molar-refractivity contribution in [2.75, 3.05) is 7.11 Å². The standard InChI is InChI=1S/C13H12N2O/c1-3-11(10(8-14)9-15)12-6-4-5-7-13(12)16-2/h4-7H,3H2,1-2H3. The van der Waals surface area contributed by atoms with Crippen LogP contribution in [0.25, 0.3) is 5.57 Å². The second-order valence-electron chi connectivity index (χ2n) is 3.13. The zero-order valence-electron chi connectivity index (χ0n) is 9.32. The third-order valence-electron chi connectivity index (χ3n) is 2.31. The lowest BCUT2D eigenvalue weighted by Gasteiger charge is -2.10. The summed E-state index contributed by atoms with van der Waals surface area (Å²) in [5.41, 5.74) is 1.68. The summed E-state index contributed by atoms with van der Waals surface area (Å²) < 4.78 is 5.21. The quantitative estimate of drug-likeness (QED) is 0.724. The summed E-state index contributed by atoms with van der Waals surface area (Å²) in [5, 5.41) is 17.8. The number of methoxy groups -OCH3 is 1. The van der Waals surface area contributed by atoms with Crippen LogP contribution in [0.3, 0.4) is 0 Å². The molecule has 0 aromatic heterocycles. The Bertz CT molecular complexity index is 473. The van der Waals surface area contributed by atoms with Gasteiger partial charge in [0.05, 0.1) is 7.11 Å². The highest BCUT2D eigenvalue weighted by Gasteiger charge is 2.11. The number of nitriles is 2. The van der Waals surface area contributed by atoms with Crippen LogP contribution in [0.2, 0.25) is 0 Å². The highest BCUT2D eigenvalue weighted by atomic mass is 16.5. The smallest absolute Gasteiger partial charge is 0.133 e. The summed E-state index contributed by atoms with van der Waals surface area (Å²) in [7, 11) is 1.57. The molecule has 0 bridgehead atoms. The van der Waals surface area contributed by atoms with Gasteiger partial charge in [-0.2, -0.15) is 10.5 Å². The topological polar surface area (TPSA) is 56.8 Å². The van der Waals surface area contributed by atoms with E-state index in [9.17, 15) is 0 Å². The Kier molecular flexibility index (Phi) is 4.12. The fourth-order valence-corrected chi connectivity index (χ4v) is 1.56. The van der Waals surface area contributed by atoms with E-state index in [4.69, 9.17) is 15.3 Å². The minimum atomic E-state index is 0.145. The molecule has 0 saturated heterocycles. The van der Waals surface area contributed by atoms with E-state index in [1.807, 2.05) is 43.3 Å². The van der Waals surface area contributed by atoms with Gasteiger partial charge in [0.25, 0.3) is 0 Å². The lowest BCUT2D eigenvalue weighted by molar-refractivity contribution is 0.413. The number of nitrogens with zero attached hydrogens (tertiary/aromatic N) is 2. The molecule has 0 aliphatic carbocycles. The fraction of sp³-hybridized carbons (Fsp3) is 0.231. The fourth-order valence-electron chi connectivity index (χ4n) is 1.56. The van der Waals surface area contributed by atoms with Crippen LogP contribution in [0, 0.1) is 22.7 Å². The third kappa shape index (κ3) is 2.21. The summed E-state index contributed by atoms with van der Waals surface area (Å²) in [6.45, 7) is 1.91. The normalized spacial score (nSPS) is 8.75. The van der Waals surface area contributed by atoms with Gasteiger partial charge in [0, 0.05) is 5.56 Å². The molecule has 3 heteroatoms. The number of allylic oxidation sites excluding steroid dienone is 2. The summed E-state index contributed by atoms with van der Waals surface area (Å²) in [6, 6.07) is 11.2. The molecule has 0 fully saturated rings. The monoisotopic (exact) mass is 212 g/mol. The van der Waals surface area contributed by atoms with Crippen LogP contribution < -0.4 is 4.74 Å². The Morgan fingerprint density at radius 3 is 2.38 bits per heavy atom. The number of hydrogen-bond donors (Lipinski definition) is 0. The van der Waals surface area contributed by atoms with Crippen molar-refractivity contribution < 1.29 is 4.74 Å². The molecule has 0 spiro atoms. The van der Waals surface area contributed by atoms with Crippen LogP contribution in [0.15, 0.2) is 29.8 Å². The molecule has 0 atom stereocenters. The number of hydrogen-bond acceptors (Lipinski definition) is 3. The van der Waals surface area contributed by atoms with Crippen LogP contribution in [-0.4, -0.2) is 7.11 Å². The van der Waals surface area contributed by atoms with Crippen molar-refractivity contribution in [1.82, 2.24) is 0 Å². The summed E-state index contributed by atoms with van der Waals surface area (Å²) >= 11 is 0. The molecule has 0 heterocycles. The number of benzene rings is 1. The zero-order valence-corrected chi connectivity index (χ0v) is 9.32. The van der Waals surface area contributed by atoms with E-state index in [0.29, 0.717) is 12.2 Å². The van der Waals surface area contributed by atoms with Crippen molar-refractivity contribution in [2.24, 2.45) is 0 Å². The first-order valence-corrected chi connectivity index (χ1v) is 4.95. The van der Waals surface area contributed by atoms with E-state index in [2.05, 4.69) is 0 Å². The van der Waals surface area contributed by atoms with Gasteiger partial charge in [0.15, 0.2) is 0 Å². The van der Waals surface area contributed by atoms with Crippen molar-refractivity contribution in [3.8, 4) is 17.9 Å². The molecule has 0 unspecified atom stereocenters. The molecule has 1 aromatic rings. The van der Waals surface area contributed by atoms with Gasteiger partial charge in [-0.3, -0.25) is 0 Å². The van der Waals surface area contributed by atoms with Gasteiger partial charge in [-0.05, 0) is 18.1 Å². The first kappa shape index (κ1) is 11.8. The maximum atomic E-state index is 8.88. The van der Waals surface area contributed by atoms with Crippen LogP contribution in [-0.2, 0) is 0 Å². The molecular weight excluding hydrogens is 200 g/mol. The molecule has 0 aliphatic heterocycles. The minimum Gasteiger partial charge on any atom is -0.496 e. The second kappa shape index (κ2) is 5.58. The average molecular weight is 212 g/mol. The van der Waals surface area contributed by atoms with Crippen molar-refractivity contribution in [3.05, 3.63) is 35.4 Å². The van der Waals surface area contributed by atoms with E-state index in [-0.39, 0.29) is 5.57 Å². The van der Waals surface area contributed by atoms with Crippen molar-refractivity contribution in [2.45, 2.75) is 13.3 Å². The second-order valence-corrected chi connectivity index (χ2v) is 3.13. The Morgan fingerprint density at radius 2 is 1.88 bits per heavy atom. The van der Waals surface area contributed by atoms with E-state index >= 15 is 0 Å². The van der Waals surface area contributed by atoms with E-state index < -0.39 is 0 Å². The minimum absolute atomic E-state index is 0.145. The third-order valence-corrected chi connectivity index (χ3v) is 2.31. The van der Waals surface area contributed by atoms with Gasteiger partial charge in [-0.25, -0.2) is 0 Å². The molecule has 1 aromatic carbocycles. The predicted molar refractivity (Wildman–Crippen MR) is 61.4 cm³/mol. The van der Waals surface area contributed by atoms with Gasteiger partial charge in [0.1, 0.15) is 23.5 Å². The molecule has 0 aliphatic rings. The molecule has 3 nitrogen and oxygen atoms in total. The van der Waals surface area contributed by atoms with Crippen LogP contribution in [0.5, 0.6) is 5.75 Å². The lowest BCUT2D eigenvalue weighted by atomic mass is 9.98. The van der Waals surface area contributed by atoms with Crippen molar-refractivity contribution in [3.63, 3.8) is 0 Å². The maximum absolute atomic E-state index is 8.88. The number of ether oxygens (including phenoxy) is 1. The largest absolute Gasteiger partial charge is 0.496 e. The maximum Gasteiger partial charge on any atom is 0.133 e. The van der Waals surface area contributed by atoms with Gasteiger partial charge in [-0.15, -0.1) is 0 Å². The van der Waals surface area contributed by atoms with E-state index in [1.165, 1.54) is 0 Å². The first-order valence-electron chi connectivity index (χ1n) is 4.95. The molecular formula is C13H12N2O. The average Bonchev–Trinajstić information content (AvgIpc) is 2.35. The molecule has 0 radical (unpaired) electrons. The summed E-state index contributed by atoms with van der Waals surface area (Å²) in [5.74, 6) is 0.683. The Labute approximate surface area is 95.2 Å². The molecule has 0 N–H and O–H groups in total. The van der Waals surface area contributed by atoms with Gasteiger partial charge < -0.3 is 4.74 Å². The molecule has 0 saturated carbocycles. The van der Waals surface area contributed by atoms with Gasteiger partial charge >= 0.3 is 0 Å². The lowest BCUT2D eigenvalue weighted by Crippen LogP contribution is -1.93. The van der Waals surface area contributed by atoms with E-state index in [1.54, 1.807) is 7.11 Å². The molecule has 0 amide bonds. The summed E-state index contributed by atoms with van der Waals surface area (Å²) in [4.78, 5) is 0. The number of para-hydroxylation sites is 1. The Morgan fingerprint density at radius 1 is 1.25 bits per heavy atom. The zero-order chi connectivity index (χ0) is 12.0. The van der Waals surface area contributed by atoms with Crippen LogP contribution in [0.1, 0.15) is 18.9 Å². The van der Waals surface area contributed by atoms with Crippen LogP contribution >= 0.6 is 0 Å². The van der Waals surface area contributed by atoms with E-state index in [0.717, 1.165) is 11.1 Å². The van der Waals surface area contributed by atoms with Crippen LogP contribution in [0.4, 0.5) is 0 Å². The van der Waals surface area contributed by atoms with Gasteiger partial charge in [0.2, 0.25) is 0 Å².